The number of benzene rings is 2. The van der Waals surface area contributed by atoms with Gasteiger partial charge in [-0.3, -0.25) is 4.79 Å². The Bertz CT molecular complexity index is 676. The highest BCUT2D eigenvalue weighted by molar-refractivity contribution is 14.1. The topological polar surface area (TPSA) is 66.4 Å². The van der Waals surface area contributed by atoms with Gasteiger partial charge in [-0.2, -0.15) is 0 Å². The van der Waals surface area contributed by atoms with Gasteiger partial charge < -0.3 is 10.4 Å². The lowest BCUT2D eigenvalue weighted by molar-refractivity contribution is -0.139. The quantitative estimate of drug-likeness (QED) is 0.751. The van der Waals surface area contributed by atoms with E-state index in [1.807, 2.05) is 0 Å². The highest BCUT2D eigenvalue weighted by Crippen LogP contribution is 2.20. The summed E-state index contributed by atoms with van der Waals surface area (Å²) in [6.45, 7) is 0. The maximum absolute atomic E-state index is 12.2. The molecule has 108 valence electrons. The van der Waals surface area contributed by atoms with Crippen LogP contribution in [-0.4, -0.2) is 17.0 Å². The number of aliphatic carboxylic acids is 1. The van der Waals surface area contributed by atoms with Gasteiger partial charge in [0.15, 0.2) is 6.04 Å². The number of carbonyl (C=O) groups excluding carboxylic acids is 1. The molecule has 0 bridgehead atoms. The first-order valence-electron chi connectivity index (χ1n) is 6.02. The zero-order valence-electron chi connectivity index (χ0n) is 10.7. The van der Waals surface area contributed by atoms with Gasteiger partial charge in [-0.05, 0) is 46.4 Å². The van der Waals surface area contributed by atoms with Crippen molar-refractivity contribution < 1.29 is 14.7 Å². The first-order chi connectivity index (χ1) is 9.99. The number of carboxylic acids is 1. The fourth-order valence-electron chi connectivity index (χ4n) is 1.78. The Morgan fingerprint density at radius 3 is 2.38 bits per heavy atom. The molecule has 0 aromatic heterocycles. The minimum Gasteiger partial charge on any atom is -0.479 e. The van der Waals surface area contributed by atoms with Gasteiger partial charge in [0.1, 0.15) is 0 Å². The molecule has 0 aliphatic rings. The van der Waals surface area contributed by atoms with E-state index in [9.17, 15) is 14.7 Å². The fourth-order valence-corrected chi connectivity index (χ4v) is 2.30. The van der Waals surface area contributed by atoms with Gasteiger partial charge in [0, 0.05) is 9.13 Å². The molecule has 4 nitrogen and oxygen atoms in total. The monoisotopic (exact) mass is 415 g/mol. The van der Waals surface area contributed by atoms with Crippen LogP contribution in [0.25, 0.3) is 0 Å². The maximum atomic E-state index is 12.2. The van der Waals surface area contributed by atoms with Crippen LogP contribution in [0.5, 0.6) is 0 Å². The molecule has 2 N–H and O–H groups in total. The summed E-state index contributed by atoms with van der Waals surface area (Å²) in [5, 5.41) is 12.2. The van der Waals surface area contributed by atoms with Crippen LogP contribution in [-0.2, 0) is 4.79 Å². The first-order valence-corrected chi connectivity index (χ1v) is 7.48. The number of hydrogen-bond acceptors (Lipinski definition) is 2. The molecular formula is C15H11ClINO3. The van der Waals surface area contributed by atoms with Gasteiger partial charge >= 0.3 is 5.97 Å². The van der Waals surface area contributed by atoms with Crippen molar-refractivity contribution in [1.29, 1.82) is 0 Å². The van der Waals surface area contributed by atoms with Gasteiger partial charge in [0.2, 0.25) is 0 Å². The number of rotatable bonds is 4. The molecule has 0 spiro atoms. The Labute approximate surface area is 140 Å². The first kappa shape index (κ1) is 15.8. The van der Waals surface area contributed by atoms with E-state index in [0.29, 0.717) is 16.1 Å². The summed E-state index contributed by atoms with van der Waals surface area (Å²) in [7, 11) is 0. The molecule has 0 fully saturated rings. The van der Waals surface area contributed by atoms with Gasteiger partial charge in [-0.1, -0.05) is 41.9 Å². The van der Waals surface area contributed by atoms with E-state index in [4.69, 9.17) is 11.6 Å². The fraction of sp³-hybridized carbons (Fsp3) is 0.0667. The highest BCUT2D eigenvalue weighted by Gasteiger charge is 2.22. The van der Waals surface area contributed by atoms with Crippen molar-refractivity contribution in [1.82, 2.24) is 5.32 Å². The molecule has 0 aliphatic carbocycles. The Balaban J connectivity index is 2.23. The van der Waals surface area contributed by atoms with E-state index < -0.39 is 17.9 Å². The lowest BCUT2D eigenvalue weighted by Gasteiger charge is -2.15. The van der Waals surface area contributed by atoms with E-state index in [0.717, 1.165) is 3.57 Å². The summed E-state index contributed by atoms with van der Waals surface area (Å²) >= 11 is 8.02. The van der Waals surface area contributed by atoms with E-state index in [1.165, 1.54) is 6.07 Å². The Kier molecular flexibility index (Phi) is 5.19. The van der Waals surface area contributed by atoms with Crippen molar-refractivity contribution in [2.75, 3.05) is 0 Å². The largest absolute Gasteiger partial charge is 0.479 e. The second-order valence-corrected chi connectivity index (χ2v) is 5.85. The Morgan fingerprint density at radius 2 is 1.81 bits per heavy atom. The molecule has 0 saturated heterocycles. The number of amides is 1. The third-order valence-electron chi connectivity index (χ3n) is 2.84. The van der Waals surface area contributed by atoms with Crippen molar-refractivity contribution in [3.05, 3.63) is 68.3 Å². The van der Waals surface area contributed by atoms with Crippen molar-refractivity contribution in [2.24, 2.45) is 0 Å². The number of hydrogen-bond donors (Lipinski definition) is 2. The predicted molar refractivity (Wildman–Crippen MR) is 88.5 cm³/mol. The molecule has 1 atom stereocenters. The van der Waals surface area contributed by atoms with Crippen LogP contribution >= 0.6 is 34.2 Å². The molecule has 2 aromatic rings. The average Bonchev–Trinajstić information content (AvgIpc) is 2.48. The molecule has 0 unspecified atom stereocenters. The minimum absolute atomic E-state index is 0.322. The molecule has 0 aliphatic heterocycles. The average molecular weight is 416 g/mol. The lowest BCUT2D eigenvalue weighted by atomic mass is 10.1. The van der Waals surface area contributed by atoms with Crippen LogP contribution in [0.2, 0.25) is 5.02 Å². The van der Waals surface area contributed by atoms with Crippen LogP contribution in [0.1, 0.15) is 22.0 Å². The maximum Gasteiger partial charge on any atom is 0.330 e. The third-order valence-corrected chi connectivity index (χ3v) is 4.41. The van der Waals surface area contributed by atoms with Crippen LogP contribution in [0.3, 0.4) is 0 Å². The number of halogens is 2. The summed E-state index contributed by atoms with van der Waals surface area (Å²) in [6, 6.07) is 12.3. The smallest absolute Gasteiger partial charge is 0.330 e. The molecule has 6 heteroatoms. The summed E-state index contributed by atoms with van der Waals surface area (Å²) in [6.07, 6.45) is 0. The second-order valence-electron chi connectivity index (χ2n) is 4.28. The molecule has 2 rings (SSSR count). The van der Waals surface area contributed by atoms with Gasteiger partial charge in [-0.15, -0.1) is 0 Å². The molecule has 1 amide bonds. The summed E-state index contributed by atoms with van der Waals surface area (Å²) < 4.78 is 0.823. The van der Waals surface area contributed by atoms with Crippen molar-refractivity contribution in [3.8, 4) is 0 Å². The SMILES string of the molecule is O=C(N[C@@H](C(=O)O)c1ccccc1)c1ccc(I)c(Cl)c1. The molecule has 0 heterocycles. The van der Waals surface area contributed by atoms with E-state index in [-0.39, 0.29) is 0 Å². The van der Waals surface area contributed by atoms with Gasteiger partial charge in [-0.25, -0.2) is 4.79 Å². The molecule has 2 aromatic carbocycles. The Morgan fingerprint density at radius 1 is 1.14 bits per heavy atom. The molecule has 0 saturated carbocycles. The predicted octanol–water partition coefficient (Wildman–Crippen LogP) is 3.50. The van der Waals surface area contributed by atoms with Crippen molar-refractivity contribution in [2.45, 2.75) is 6.04 Å². The van der Waals surface area contributed by atoms with Crippen LogP contribution in [0, 0.1) is 3.57 Å². The number of carboxylic acid groups (broad SMARTS) is 1. The molecule has 21 heavy (non-hydrogen) atoms. The number of nitrogens with one attached hydrogen (secondary N) is 1. The zero-order chi connectivity index (χ0) is 15.4. The van der Waals surface area contributed by atoms with Crippen molar-refractivity contribution in [3.63, 3.8) is 0 Å². The summed E-state index contributed by atoms with van der Waals surface area (Å²) in [5.41, 5.74) is 0.831. The summed E-state index contributed by atoms with van der Waals surface area (Å²) in [4.78, 5) is 23.5. The zero-order valence-corrected chi connectivity index (χ0v) is 13.6. The van der Waals surface area contributed by atoms with E-state index >= 15 is 0 Å². The van der Waals surface area contributed by atoms with E-state index in [1.54, 1.807) is 42.5 Å². The van der Waals surface area contributed by atoms with Crippen molar-refractivity contribution >= 4 is 46.1 Å². The number of carbonyl (C=O) groups is 2. The highest BCUT2D eigenvalue weighted by atomic mass is 127. The summed E-state index contributed by atoms with van der Waals surface area (Å²) in [5.74, 6) is -1.60. The van der Waals surface area contributed by atoms with E-state index in [2.05, 4.69) is 27.9 Å². The normalized spacial score (nSPS) is 11.7. The minimum atomic E-state index is -1.12. The second kappa shape index (κ2) is 6.91. The Hall–Kier alpha value is -1.60. The lowest BCUT2D eigenvalue weighted by Crippen LogP contribution is -2.33. The molecule has 0 radical (unpaired) electrons. The van der Waals surface area contributed by atoms with Crippen LogP contribution < -0.4 is 5.32 Å². The van der Waals surface area contributed by atoms with Crippen LogP contribution in [0.15, 0.2) is 48.5 Å². The molecular weight excluding hydrogens is 405 g/mol. The standard InChI is InChI=1S/C15H11ClINO3/c16-11-8-10(6-7-12(11)17)14(19)18-13(15(20)21)9-4-2-1-3-5-9/h1-8,13H,(H,18,19)(H,20,21)/t13-/m1/s1. The third kappa shape index (κ3) is 3.95. The van der Waals surface area contributed by atoms with Gasteiger partial charge in [0.25, 0.3) is 5.91 Å². The van der Waals surface area contributed by atoms with Gasteiger partial charge in [0.05, 0.1) is 5.02 Å². The van der Waals surface area contributed by atoms with Crippen LogP contribution in [0.4, 0.5) is 0 Å².